The highest BCUT2D eigenvalue weighted by Crippen LogP contribution is 2.64. The number of fused-ring (bicyclic) bond motifs is 12. The fourth-order valence-corrected chi connectivity index (χ4v) is 6.50. The molecule has 0 aromatic heterocycles. The van der Waals surface area contributed by atoms with E-state index in [4.69, 9.17) is 0 Å². The molecule has 0 fully saturated rings. The predicted molar refractivity (Wildman–Crippen MR) is 138 cm³/mol. The van der Waals surface area contributed by atoms with E-state index in [9.17, 15) is 0 Å². The predicted octanol–water partition coefficient (Wildman–Crippen LogP) is 7.24. The molecular weight excluding hydrogens is 398 g/mol. The van der Waals surface area contributed by atoms with Crippen LogP contribution in [0.5, 0.6) is 0 Å². The van der Waals surface area contributed by atoms with Gasteiger partial charge in [-0.2, -0.15) is 0 Å². The van der Waals surface area contributed by atoms with E-state index in [1.54, 1.807) is 0 Å². The Labute approximate surface area is 194 Å². The van der Waals surface area contributed by atoms with Crippen molar-refractivity contribution in [2.75, 3.05) is 14.1 Å². The monoisotopic (exact) mass is 423 g/mol. The summed E-state index contributed by atoms with van der Waals surface area (Å²) < 4.78 is 0. The molecule has 1 nitrogen and oxygen atoms in total. The lowest BCUT2D eigenvalue weighted by atomic mass is 9.70. The standard InChI is InChI=1S/C32H25N/c1-33(2)20-22-11-9-17-28-30(22)24-13-5-7-15-26(24)32(28)27-16-8-6-14-25(27)31-23-12-4-3-10-21(23)18-19-29(31)32/h3-19H,20H2,1-2H3. The minimum Gasteiger partial charge on any atom is -0.305 e. The van der Waals surface area contributed by atoms with E-state index in [1.165, 1.54) is 60.8 Å². The average Bonchev–Trinajstić information content (AvgIpc) is 3.32. The number of hydrogen-bond donors (Lipinski definition) is 0. The molecule has 5 aromatic rings. The van der Waals surface area contributed by atoms with Gasteiger partial charge < -0.3 is 4.90 Å². The Balaban J connectivity index is 1.69. The molecule has 0 saturated carbocycles. The molecule has 0 amide bonds. The first-order chi connectivity index (χ1) is 16.2. The lowest BCUT2D eigenvalue weighted by Gasteiger charge is -2.30. The third-order valence-corrected chi connectivity index (χ3v) is 7.58. The summed E-state index contributed by atoms with van der Waals surface area (Å²) in [7, 11) is 4.31. The summed E-state index contributed by atoms with van der Waals surface area (Å²) in [4.78, 5) is 2.27. The van der Waals surface area contributed by atoms with Gasteiger partial charge in [0.05, 0.1) is 5.41 Å². The normalized spacial score (nSPS) is 17.3. The number of nitrogens with zero attached hydrogens (tertiary/aromatic N) is 1. The summed E-state index contributed by atoms with van der Waals surface area (Å²) in [6.07, 6.45) is 0. The molecule has 0 heterocycles. The highest BCUT2D eigenvalue weighted by Gasteiger charge is 2.52. The van der Waals surface area contributed by atoms with Crippen molar-refractivity contribution in [1.29, 1.82) is 0 Å². The van der Waals surface area contributed by atoms with E-state index in [1.807, 2.05) is 0 Å². The quantitative estimate of drug-likeness (QED) is 0.283. The number of benzene rings is 5. The minimum atomic E-state index is -0.274. The summed E-state index contributed by atoms with van der Waals surface area (Å²) in [6.45, 7) is 0.930. The fourth-order valence-electron chi connectivity index (χ4n) is 6.50. The maximum atomic E-state index is 2.39. The second kappa shape index (κ2) is 6.66. The Morgan fingerprint density at radius 2 is 1.15 bits per heavy atom. The topological polar surface area (TPSA) is 3.24 Å². The van der Waals surface area contributed by atoms with Gasteiger partial charge in [-0.1, -0.05) is 103 Å². The van der Waals surface area contributed by atoms with Gasteiger partial charge in [0.2, 0.25) is 0 Å². The van der Waals surface area contributed by atoms with Crippen molar-refractivity contribution >= 4 is 10.8 Å². The first-order valence-electron chi connectivity index (χ1n) is 11.7. The molecule has 33 heavy (non-hydrogen) atoms. The van der Waals surface area contributed by atoms with E-state index >= 15 is 0 Å². The molecule has 0 saturated heterocycles. The van der Waals surface area contributed by atoms with Gasteiger partial charge in [0, 0.05) is 6.54 Å². The summed E-state index contributed by atoms with van der Waals surface area (Å²) in [5.74, 6) is 0. The maximum Gasteiger partial charge on any atom is 0.0725 e. The van der Waals surface area contributed by atoms with Crippen LogP contribution in [0.25, 0.3) is 33.0 Å². The molecular formula is C32H25N. The molecule has 1 heteroatoms. The highest BCUT2D eigenvalue weighted by molar-refractivity contribution is 6.06. The zero-order valence-electron chi connectivity index (χ0n) is 19.0. The van der Waals surface area contributed by atoms with Crippen molar-refractivity contribution in [3.63, 3.8) is 0 Å². The van der Waals surface area contributed by atoms with Crippen molar-refractivity contribution < 1.29 is 0 Å². The fraction of sp³-hybridized carbons (Fsp3) is 0.125. The summed E-state index contributed by atoms with van der Waals surface area (Å²) in [6, 6.07) is 38.6. The second-order valence-corrected chi connectivity index (χ2v) is 9.63. The van der Waals surface area contributed by atoms with Crippen LogP contribution in [0.3, 0.4) is 0 Å². The van der Waals surface area contributed by atoms with E-state index < -0.39 is 0 Å². The van der Waals surface area contributed by atoms with Crippen LogP contribution in [0.4, 0.5) is 0 Å². The van der Waals surface area contributed by atoms with Crippen molar-refractivity contribution in [2.45, 2.75) is 12.0 Å². The lowest BCUT2D eigenvalue weighted by molar-refractivity contribution is 0.403. The van der Waals surface area contributed by atoms with Crippen molar-refractivity contribution in [3.8, 4) is 22.3 Å². The minimum absolute atomic E-state index is 0.274. The molecule has 0 bridgehead atoms. The van der Waals surface area contributed by atoms with Crippen LogP contribution in [-0.4, -0.2) is 19.0 Å². The van der Waals surface area contributed by atoms with Gasteiger partial charge in [-0.05, 0) is 74.9 Å². The third-order valence-electron chi connectivity index (χ3n) is 7.58. The summed E-state index contributed by atoms with van der Waals surface area (Å²) in [5.41, 5.74) is 12.3. The Kier molecular flexibility index (Phi) is 3.81. The molecule has 2 aliphatic rings. The van der Waals surface area contributed by atoms with Crippen LogP contribution in [0.1, 0.15) is 27.8 Å². The molecule has 1 atom stereocenters. The zero-order valence-corrected chi connectivity index (χ0v) is 19.0. The zero-order chi connectivity index (χ0) is 22.2. The van der Waals surface area contributed by atoms with E-state index in [0.717, 1.165) is 6.54 Å². The van der Waals surface area contributed by atoms with Gasteiger partial charge in [0.1, 0.15) is 0 Å². The Hall–Kier alpha value is -3.68. The summed E-state index contributed by atoms with van der Waals surface area (Å²) in [5, 5.41) is 2.64. The largest absolute Gasteiger partial charge is 0.305 e. The first-order valence-corrected chi connectivity index (χ1v) is 11.7. The van der Waals surface area contributed by atoms with Crippen molar-refractivity contribution in [1.82, 2.24) is 4.90 Å². The van der Waals surface area contributed by atoms with Crippen LogP contribution in [-0.2, 0) is 12.0 Å². The first kappa shape index (κ1) is 18.8. The SMILES string of the molecule is CN(C)Cc1cccc2c1-c1ccccc1C21c2ccccc2-c2c1ccc1ccccc21. The van der Waals surface area contributed by atoms with Crippen LogP contribution in [0, 0.1) is 0 Å². The van der Waals surface area contributed by atoms with Gasteiger partial charge >= 0.3 is 0 Å². The number of hydrogen-bond acceptors (Lipinski definition) is 1. The average molecular weight is 424 g/mol. The van der Waals surface area contributed by atoms with E-state index in [2.05, 4.69) is 122 Å². The second-order valence-electron chi connectivity index (χ2n) is 9.63. The van der Waals surface area contributed by atoms with Gasteiger partial charge in [0.25, 0.3) is 0 Å². The molecule has 0 N–H and O–H groups in total. The van der Waals surface area contributed by atoms with E-state index in [-0.39, 0.29) is 5.41 Å². The Bertz CT molecular complexity index is 1580. The van der Waals surface area contributed by atoms with Gasteiger partial charge in [-0.25, -0.2) is 0 Å². The third kappa shape index (κ3) is 2.30. The molecule has 0 radical (unpaired) electrons. The van der Waals surface area contributed by atoms with Crippen LogP contribution >= 0.6 is 0 Å². The molecule has 7 rings (SSSR count). The maximum absolute atomic E-state index is 2.39. The van der Waals surface area contributed by atoms with E-state index in [0.29, 0.717) is 0 Å². The highest BCUT2D eigenvalue weighted by atomic mass is 15.0. The van der Waals surface area contributed by atoms with Gasteiger partial charge in [-0.3, -0.25) is 0 Å². The van der Waals surface area contributed by atoms with Gasteiger partial charge in [-0.15, -0.1) is 0 Å². The van der Waals surface area contributed by atoms with Crippen molar-refractivity contribution in [3.05, 3.63) is 131 Å². The molecule has 1 unspecified atom stereocenters. The molecule has 158 valence electrons. The molecule has 0 aliphatic heterocycles. The number of rotatable bonds is 2. The molecule has 1 spiro atoms. The van der Waals surface area contributed by atoms with Crippen LogP contribution < -0.4 is 0 Å². The molecule has 5 aromatic carbocycles. The van der Waals surface area contributed by atoms with Gasteiger partial charge in [0.15, 0.2) is 0 Å². The smallest absolute Gasteiger partial charge is 0.0725 e. The Morgan fingerprint density at radius 3 is 1.91 bits per heavy atom. The Morgan fingerprint density at radius 1 is 0.545 bits per heavy atom. The van der Waals surface area contributed by atoms with Crippen LogP contribution in [0.15, 0.2) is 103 Å². The van der Waals surface area contributed by atoms with Crippen molar-refractivity contribution in [2.24, 2.45) is 0 Å². The van der Waals surface area contributed by atoms with Crippen LogP contribution in [0.2, 0.25) is 0 Å². The summed E-state index contributed by atoms with van der Waals surface area (Å²) >= 11 is 0. The lowest BCUT2D eigenvalue weighted by Crippen LogP contribution is -2.26. The molecule has 2 aliphatic carbocycles.